The standard InChI is InChI=1S/C16H26N2O2S/c1-5-11(3)14-16(19)18(13(6-2)9-20-4)15(17-14)12-7-8-21-10-12/h7-8,10-11,13-15,17H,5-6,9H2,1-4H3. The van der Waals surface area contributed by atoms with Crippen molar-refractivity contribution in [3.8, 4) is 0 Å². The van der Waals surface area contributed by atoms with Crippen molar-refractivity contribution < 1.29 is 9.53 Å². The van der Waals surface area contributed by atoms with Crippen LogP contribution < -0.4 is 5.32 Å². The Kier molecular flexibility index (Phi) is 5.79. The van der Waals surface area contributed by atoms with Gasteiger partial charge in [0.05, 0.1) is 18.7 Å². The van der Waals surface area contributed by atoms with Gasteiger partial charge in [-0.05, 0) is 34.7 Å². The zero-order valence-corrected chi connectivity index (χ0v) is 14.2. The van der Waals surface area contributed by atoms with Crippen molar-refractivity contribution in [1.29, 1.82) is 0 Å². The Morgan fingerprint density at radius 1 is 1.43 bits per heavy atom. The zero-order chi connectivity index (χ0) is 15.4. The summed E-state index contributed by atoms with van der Waals surface area (Å²) in [4.78, 5) is 14.9. The maximum absolute atomic E-state index is 12.9. The zero-order valence-electron chi connectivity index (χ0n) is 13.3. The molecule has 1 saturated heterocycles. The average molecular weight is 310 g/mol. The summed E-state index contributed by atoms with van der Waals surface area (Å²) in [6.07, 6.45) is 1.87. The average Bonchev–Trinajstić information content (AvgIpc) is 3.12. The van der Waals surface area contributed by atoms with E-state index in [2.05, 4.69) is 42.9 Å². The molecule has 0 aromatic carbocycles. The number of carbonyl (C=O) groups excluding carboxylic acids is 1. The maximum atomic E-state index is 12.9. The van der Waals surface area contributed by atoms with Crippen LogP contribution in [0.15, 0.2) is 16.8 Å². The van der Waals surface area contributed by atoms with Gasteiger partial charge in [0.1, 0.15) is 6.17 Å². The second kappa shape index (κ2) is 7.38. The highest BCUT2D eigenvalue weighted by atomic mass is 32.1. The lowest BCUT2D eigenvalue weighted by Gasteiger charge is -2.31. The normalized spacial score (nSPS) is 25.3. The first kappa shape index (κ1) is 16.5. The molecule has 2 rings (SSSR count). The van der Waals surface area contributed by atoms with Gasteiger partial charge < -0.3 is 9.64 Å². The fourth-order valence-corrected chi connectivity index (χ4v) is 3.60. The number of nitrogens with one attached hydrogen (secondary N) is 1. The third-order valence-electron chi connectivity index (χ3n) is 4.43. The Morgan fingerprint density at radius 2 is 2.19 bits per heavy atom. The van der Waals surface area contributed by atoms with Crippen LogP contribution in [0.4, 0.5) is 0 Å². The molecule has 2 heterocycles. The van der Waals surface area contributed by atoms with Crippen LogP contribution in [0.3, 0.4) is 0 Å². The number of ether oxygens (including phenoxy) is 1. The molecule has 4 atom stereocenters. The largest absolute Gasteiger partial charge is 0.383 e. The molecule has 1 aromatic rings. The van der Waals surface area contributed by atoms with Gasteiger partial charge in [0.2, 0.25) is 5.91 Å². The van der Waals surface area contributed by atoms with Crippen LogP contribution in [-0.2, 0) is 9.53 Å². The fourth-order valence-electron chi connectivity index (χ4n) is 2.92. The summed E-state index contributed by atoms with van der Waals surface area (Å²) in [5.41, 5.74) is 1.17. The molecule has 1 aliphatic rings. The third kappa shape index (κ3) is 3.30. The number of methoxy groups -OCH3 is 1. The second-order valence-electron chi connectivity index (χ2n) is 5.75. The first-order chi connectivity index (χ1) is 10.1. The van der Waals surface area contributed by atoms with Crippen molar-refractivity contribution >= 4 is 17.2 Å². The van der Waals surface area contributed by atoms with Crippen molar-refractivity contribution in [3.05, 3.63) is 22.4 Å². The van der Waals surface area contributed by atoms with Crippen molar-refractivity contribution in [2.45, 2.75) is 51.9 Å². The van der Waals surface area contributed by atoms with Crippen LogP contribution in [0, 0.1) is 5.92 Å². The lowest BCUT2D eigenvalue weighted by atomic mass is 9.99. The highest BCUT2D eigenvalue weighted by molar-refractivity contribution is 7.07. The van der Waals surface area contributed by atoms with Crippen molar-refractivity contribution in [1.82, 2.24) is 10.2 Å². The molecule has 118 valence electrons. The lowest BCUT2D eigenvalue weighted by molar-refractivity contribution is -0.134. The Balaban J connectivity index is 2.29. The Bertz CT molecular complexity index is 449. The molecule has 1 aliphatic heterocycles. The van der Waals surface area contributed by atoms with E-state index in [-0.39, 0.29) is 24.2 Å². The van der Waals surface area contributed by atoms with Crippen molar-refractivity contribution in [2.75, 3.05) is 13.7 Å². The van der Waals surface area contributed by atoms with Gasteiger partial charge in [0.25, 0.3) is 0 Å². The van der Waals surface area contributed by atoms with Crippen LogP contribution >= 0.6 is 11.3 Å². The minimum absolute atomic E-state index is 0.0251. The molecule has 4 nitrogen and oxygen atoms in total. The summed E-state index contributed by atoms with van der Waals surface area (Å²) >= 11 is 1.67. The number of hydrogen-bond acceptors (Lipinski definition) is 4. The molecule has 0 saturated carbocycles. The Labute approximate surface area is 131 Å². The van der Waals surface area contributed by atoms with Gasteiger partial charge in [-0.25, -0.2) is 0 Å². The molecule has 1 fully saturated rings. The molecule has 1 amide bonds. The second-order valence-corrected chi connectivity index (χ2v) is 6.53. The minimum Gasteiger partial charge on any atom is -0.383 e. The van der Waals surface area contributed by atoms with Gasteiger partial charge >= 0.3 is 0 Å². The first-order valence-electron chi connectivity index (χ1n) is 7.73. The molecule has 4 unspecified atom stereocenters. The first-order valence-corrected chi connectivity index (χ1v) is 8.67. The van der Waals surface area contributed by atoms with Gasteiger partial charge in [-0.3, -0.25) is 10.1 Å². The number of thiophene rings is 1. The maximum Gasteiger partial charge on any atom is 0.241 e. The third-order valence-corrected chi connectivity index (χ3v) is 5.13. The molecular weight excluding hydrogens is 284 g/mol. The number of hydrogen-bond donors (Lipinski definition) is 1. The van der Waals surface area contributed by atoms with Gasteiger partial charge in [0.15, 0.2) is 0 Å². The number of carbonyl (C=O) groups is 1. The quantitative estimate of drug-likeness (QED) is 0.842. The van der Waals surface area contributed by atoms with Crippen LogP contribution in [-0.4, -0.2) is 36.6 Å². The van der Waals surface area contributed by atoms with E-state index in [4.69, 9.17) is 4.74 Å². The van der Waals surface area contributed by atoms with E-state index in [0.717, 1.165) is 12.8 Å². The van der Waals surface area contributed by atoms with Crippen molar-refractivity contribution in [2.24, 2.45) is 5.92 Å². The number of rotatable bonds is 7. The lowest BCUT2D eigenvalue weighted by Crippen LogP contribution is -2.43. The monoisotopic (exact) mass is 310 g/mol. The van der Waals surface area contributed by atoms with Crippen LogP contribution in [0.5, 0.6) is 0 Å². The molecule has 0 spiro atoms. The SMILES string of the molecule is CCC(C)C1NC(c2ccsc2)N(C(CC)COC)C1=O. The van der Waals surface area contributed by atoms with E-state index < -0.39 is 0 Å². The molecule has 0 aliphatic carbocycles. The predicted octanol–water partition coefficient (Wildman–Crippen LogP) is 3.02. The summed E-state index contributed by atoms with van der Waals surface area (Å²) in [5, 5.41) is 7.73. The molecule has 21 heavy (non-hydrogen) atoms. The highest BCUT2D eigenvalue weighted by Gasteiger charge is 2.44. The molecule has 1 N–H and O–H groups in total. The van der Waals surface area contributed by atoms with Crippen LogP contribution in [0.25, 0.3) is 0 Å². The minimum atomic E-state index is -0.0918. The summed E-state index contributed by atoms with van der Waals surface area (Å²) < 4.78 is 5.32. The Hall–Kier alpha value is -0.910. The summed E-state index contributed by atoms with van der Waals surface area (Å²) in [6.45, 7) is 6.96. The van der Waals surface area contributed by atoms with Crippen molar-refractivity contribution in [3.63, 3.8) is 0 Å². The van der Waals surface area contributed by atoms with E-state index in [1.807, 2.05) is 4.90 Å². The molecule has 5 heteroatoms. The van der Waals surface area contributed by atoms with Crippen LogP contribution in [0.2, 0.25) is 0 Å². The number of nitrogens with zero attached hydrogens (tertiary/aromatic N) is 1. The fraction of sp³-hybridized carbons (Fsp3) is 0.688. The van der Waals surface area contributed by atoms with Gasteiger partial charge in [-0.15, -0.1) is 0 Å². The molecule has 1 aromatic heterocycles. The van der Waals surface area contributed by atoms with Gasteiger partial charge in [-0.1, -0.05) is 27.2 Å². The van der Waals surface area contributed by atoms with Gasteiger partial charge in [-0.2, -0.15) is 11.3 Å². The van der Waals surface area contributed by atoms with Gasteiger partial charge in [0, 0.05) is 7.11 Å². The molecule has 0 bridgehead atoms. The van der Waals surface area contributed by atoms with E-state index in [1.165, 1.54) is 5.56 Å². The van der Waals surface area contributed by atoms with E-state index in [0.29, 0.717) is 12.5 Å². The Morgan fingerprint density at radius 3 is 2.71 bits per heavy atom. The smallest absolute Gasteiger partial charge is 0.241 e. The predicted molar refractivity (Wildman–Crippen MR) is 86.2 cm³/mol. The van der Waals surface area contributed by atoms with E-state index >= 15 is 0 Å². The van der Waals surface area contributed by atoms with Crippen LogP contribution in [0.1, 0.15) is 45.3 Å². The summed E-state index contributed by atoms with van der Waals surface area (Å²) in [6, 6.07) is 2.13. The summed E-state index contributed by atoms with van der Waals surface area (Å²) in [5.74, 6) is 0.549. The molecule has 0 radical (unpaired) electrons. The van der Waals surface area contributed by atoms with E-state index in [1.54, 1.807) is 18.4 Å². The molecular formula is C16H26N2O2S. The topological polar surface area (TPSA) is 41.6 Å². The van der Waals surface area contributed by atoms with E-state index in [9.17, 15) is 4.79 Å². The highest BCUT2D eigenvalue weighted by Crippen LogP contribution is 2.32. The summed E-state index contributed by atoms with van der Waals surface area (Å²) in [7, 11) is 1.70. The number of amides is 1.